The molecule has 2 rings (SSSR count). The van der Waals surface area contributed by atoms with Gasteiger partial charge in [-0.05, 0) is 47.5 Å². The van der Waals surface area contributed by atoms with Gasteiger partial charge in [-0.1, -0.05) is 30.3 Å². The van der Waals surface area contributed by atoms with Crippen LogP contribution in [0.5, 0.6) is 0 Å². The molecule has 0 spiro atoms. The molecule has 0 fully saturated rings. The number of aliphatic hydroxyl groups is 1. The van der Waals surface area contributed by atoms with Crippen molar-refractivity contribution >= 4 is 27.5 Å². The number of benzene rings is 2. The van der Waals surface area contributed by atoms with Crippen LogP contribution in [0.1, 0.15) is 34.5 Å². The third-order valence-corrected chi connectivity index (χ3v) is 4.15. The number of rotatable bonds is 3. The van der Waals surface area contributed by atoms with Gasteiger partial charge < -0.3 is 10.4 Å². The van der Waals surface area contributed by atoms with Crippen molar-refractivity contribution in [2.75, 3.05) is 5.32 Å². The van der Waals surface area contributed by atoms with E-state index in [9.17, 15) is 9.90 Å². The average Bonchev–Trinajstić information content (AvgIpc) is 2.42. The monoisotopic (exact) mass is 333 g/mol. The number of nitrogens with one attached hydrogen (secondary N) is 1. The number of aryl methyl sites for hydroxylation is 1. The molecule has 1 atom stereocenters. The molecule has 0 aliphatic heterocycles. The highest BCUT2D eigenvalue weighted by Crippen LogP contribution is 2.25. The van der Waals surface area contributed by atoms with E-state index in [4.69, 9.17) is 0 Å². The number of carbonyl (C=O) groups excluding carboxylic acids is 1. The number of anilines is 1. The summed E-state index contributed by atoms with van der Waals surface area (Å²) in [5, 5.41) is 12.6. The molecule has 2 aromatic carbocycles. The van der Waals surface area contributed by atoms with Crippen LogP contribution in [0.3, 0.4) is 0 Å². The molecule has 3 nitrogen and oxygen atoms in total. The zero-order valence-corrected chi connectivity index (χ0v) is 12.9. The molecule has 0 aliphatic rings. The minimum Gasteiger partial charge on any atom is -0.389 e. The number of aliphatic hydroxyl groups excluding tert-OH is 1. The average molecular weight is 334 g/mol. The van der Waals surface area contributed by atoms with Gasteiger partial charge in [0.25, 0.3) is 5.91 Å². The topological polar surface area (TPSA) is 49.3 Å². The first kappa shape index (κ1) is 14.8. The zero-order chi connectivity index (χ0) is 14.7. The molecule has 2 N–H and O–H groups in total. The molecular weight excluding hydrogens is 318 g/mol. The molecule has 1 amide bonds. The van der Waals surface area contributed by atoms with Gasteiger partial charge in [0, 0.05) is 15.7 Å². The van der Waals surface area contributed by atoms with Gasteiger partial charge in [0.05, 0.1) is 11.7 Å². The van der Waals surface area contributed by atoms with Crippen LogP contribution in [-0.2, 0) is 0 Å². The molecule has 4 heteroatoms. The molecule has 0 aromatic heterocycles. The van der Waals surface area contributed by atoms with Crippen LogP contribution in [0.15, 0.2) is 46.9 Å². The van der Waals surface area contributed by atoms with E-state index >= 15 is 0 Å². The van der Waals surface area contributed by atoms with Gasteiger partial charge in [-0.3, -0.25) is 4.79 Å². The van der Waals surface area contributed by atoms with E-state index in [2.05, 4.69) is 21.2 Å². The number of para-hydroxylation sites is 1. The van der Waals surface area contributed by atoms with Gasteiger partial charge >= 0.3 is 0 Å². The number of carbonyl (C=O) groups is 1. The first-order valence-electron chi connectivity index (χ1n) is 6.34. The Morgan fingerprint density at radius 2 is 1.90 bits per heavy atom. The summed E-state index contributed by atoms with van der Waals surface area (Å²) in [5.74, 6) is -0.200. The molecule has 0 heterocycles. The van der Waals surface area contributed by atoms with E-state index in [0.717, 1.165) is 10.0 Å². The van der Waals surface area contributed by atoms with Crippen LogP contribution in [0.2, 0.25) is 0 Å². The van der Waals surface area contributed by atoms with Crippen LogP contribution in [-0.4, -0.2) is 11.0 Å². The van der Waals surface area contributed by atoms with Gasteiger partial charge in [0.2, 0.25) is 0 Å². The normalized spacial score (nSPS) is 12.0. The minimum absolute atomic E-state index is 0.200. The highest BCUT2D eigenvalue weighted by molar-refractivity contribution is 9.10. The first-order chi connectivity index (χ1) is 9.50. The van der Waals surface area contributed by atoms with Crippen molar-refractivity contribution in [3.63, 3.8) is 0 Å². The summed E-state index contributed by atoms with van der Waals surface area (Å²) in [4.78, 5) is 12.3. The highest BCUT2D eigenvalue weighted by atomic mass is 79.9. The van der Waals surface area contributed by atoms with Gasteiger partial charge in [0.1, 0.15) is 0 Å². The predicted molar refractivity (Wildman–Crippen MR) is 83.9 cm³/mol. The number of halogens is 1. The van der Waals surface area contributed by atoms with Crippen molar-refractivity contribution in [3.8, 4) is 0 Å². The third-order valence-electron chi connectivity index (χ3n) is 3.10. The molecule has 1 unspecified atom stereocenters. The fourth-order valence-corrected chi connectivity index (χ4v) is 2.43. The summed E-state index contributed by atoms with van der Waals surface area (Å²) in [6.07, 6.45) is -0.632. The van der Waals surface area contributed by atoms with Gasteiger partial charge in [-0.15, -0.1) is 0 Å². The number of amides is 1. The second kappa shape index (κ2) is 6.20. The smallest absolute Gasteiger partial charge is 0.256 e. The Morgan fingerprint density at radius 3 is 2.60 bits per heavy atom. The molecule has 0 bridgehead atoms. The largest absolute Gasteiger partial charge is 0.389 e. The Balaban J connectivity index is 2.31. The molecule has 0 radical (unpaired) electrons. The molecule has 104 valence electrons. The number of hydrogen-bond donors (Lipinski definition) is 2. The molecule has 0 saturated heterocycles. The van der Waals surface area contributed by atoms with Crippen molar-refractivity contribution in [1.82, 2.24) is 0 Å². The summed E-state index contributed by atoms with van der Waals surface area (Å²) < 4.78 is 0.784. The molecule has 20 heavy (non-hydrogen) atoms. The maximum Gasteiger partial charge on any atom is 0.256 e. The molecule has 0 saturated carbocycles. The predicted octanol–water partition coefficient (Wildman–Crippen LogP) is 4.06. The number of hydrogen-bond acceptors (Lipinski definition) is 2. The van der Waals surface area contributed by atoms with Gasteiger partial charge in [0.15, 0.2) is 0 Å². The van der Waals surface area contributed by atoms with E-state index in [1.54, 1.807) is 25.1 Å². The lowest BCUT2D eigenvalue weighted by Crippen LogP contribution is -2.14. The van der Waals surface area contributed by atoms with E-state index in [1.807, 2.05) is 31.2 Å². The van der Waals surface area contributed by atoms with Crippen LogP contribution >= 0.6 is 15.9 Å². The van der Waals surface area contributed by atoms with E-state index in [0.29, 0.717) is 16.8 Å². The third kappa shape index (κ3) is 3.08. The lowest BCUT2D eigenvalue weighted by atomic mass is 10.1. The Kier molecular flexibility index (Phi) is 4.57. The van der Waals surface area contributed by atoms with E-state index < -0.39 is 6.10 Å². The maximum atomic E-state index is 12.3. The van der Waals surface area contributed by atoms with Crippen molar-refractivity contribution in [1.29, 1.82) is 0 Å². The van der Waals surface area contributed by atoms with Crippen LogP contribution in [0.4, 0.5) is 5.69 Å². The Bertz CT molecular complexity index is 638. The van der Waals surface area contributed by atoms with Crippen molar-refractivity contribution in [2.45, 2.75) is 20.0 Å². The van der Waals surface area contributed by atoms with Crippen LogP contribution in [0, 0.1) is 6.92 Å². The molecule has 0 aliphatic carbocycles. The lowest BCUT2D eigenvalue weighted by Gasteiger charge is -2.14. The summed E-state index contributed by atoms with van der Waals surface area (Å²) >= 11 is 3.43. The fourth-order valence-electron chi connectivity index (χ4n) is 1.99. The summed E-state index contributed by atoms with van der Waals surface area (Å²) in [5.41, 5.74) is 2.90. The van der Waals surface area contributed by atoms with Crippen LogP contribution in [0.25, 0.3) is 0 Å². The van der Waals surface area contributed by atoms with Crippen molar-refractivity contribution < 1.29 is 9.90 Å². The van der Waals surface area contributed by atoms with Gasteiger partial charge in [-0.25, -0.2) is 0 Å². The quantitative estimate of drug-likeness (QED) is 0.889. The molecule has 2 aromatic rings. The first-order valence-corrected chi connectivity index (χ1v) is 7.13. The van der Waals surface area contributed by atoms with E-state index in [1.165, 1.54) is 0 Å². The summed E-state index contributed by atoms with van der Waals surface area (Å²) in [6.45, 7) is 3.61. The lowest BCUT2D eigenvalue weighted by molar-refractivity contribution is 0.102. The standard InChI is InChI=1S/C16H16BrNO2/c1-10-6-5-8-13(15(10)17)16(20)18-14-9-4-3-7-12(14)11(2)19/h3-9,11,19H,1-2H3,(H,18,20). The van der Waals surface area contributed by atoms with E-state index in [-0.39, 0.29) is 5.91 Å². The second-order valence-corrected chi connectivity index (χ2v) is 5.45. The Labute approximate surface area is 126 Å². The van der Waals surface area contributed by atoms with Gasteiger partial charge in [-0.2, -0.15) is 0 Å². The maximum absolute atomic E-state index is 12.3. The Hall–Kier alpha value is -1.65. The van der Waals surface area contributed by atoms with Crippen LogP contribution < -0.4 is 5.32 Å². The second-order valence-electron chi connectivity index (χ2n) is 4.65. The van der Waals surface area contributed by atoms with Crippen molar-refractivity contribution in [3.05, 3.63) is 63.6 Å². The minimum atomic E-state index is -0.632. The SMILES string of the molecule is Cc1cccc(C(=O)Nc2ccccc2C(C)O)c1Br. The fraction of sp³-hybridized carbons (Fsp3) is 0.188. The molecular formula is C16H16BrNO2. The summed E-state index contributed by atoms with van der Waals surface area (Å²) in [7, 11) is 0. The summed E-state index contributed by atoms with van der Waals surface area (Å²) in [6, 6.07) is 12.8. The highest BCUT2D eigenvalue weighted by Gasteiger charge is 2.14. The van der Waals surface area contributed by atoms with Crippen molar-refractivity contribution in [2.24, 2.45) is 0 Å². The zero-order valence-electron chi connectivity index (χ0n) is 11.4. The Morgan fingerprint density at radius 1 is 1.20 bits per heavy atom.